The Morgan fingerprint density at radius 2 is 2.00 bits per heavy atom. The lowest BCUT2D eigenvalue weighted by Gasteiger charge is -2.19. The van der Waals surface area contributed by atoms with Crippen LogP contribution < -0.4 is 21.3 Å². The second-order valence-corrected chi connectivity index (χ2v) is 6.05. The molecule has 0 atom stereocenters. The SMILES string of the molecule is COc1ccc(C=CCCNC(=O)OC(C)(C)C)c(C(=O)NN)c1. The number of nitrogens with one attached hydrogen (secondary N) is 2. The molecule has 7 heteroatoms. The molecule has 0 spiro atoms. The second-order valence-electron chi connectivity index (χ2n) is 6.05. The summed E-state index contributed by atoms with van der Waals surface area (Å²) in [5.74, 6) is 5.36. The first-order valence-corrected chi connectivity index (χ1v) is 7.59. The number of amides is 2. The summed E-state index contributed by atoms with van der Waals surface area (Å²) in [5.41, 5.74) is 2.70. The zero-order chi connectivity index (χ0) is 18.2. The molecule has 1 rings (SSSR count). The van der Waals surface area contributed by atoms with Gasteiger partial charge < -0.3 is 14.8 Å². The minimum absolute atomic E-state index is 0.402. The normalized spacial score (nSPS) is 11.2. The highest BCUT2D eigenvalue weighted by molar-refractivity contribution is 5.97. The van der Waals surface area contributed by atoms with E-state index >= 15 is 0 Å². The van der Waals surface area contributed by atoms with Crippen molar-refractivity contribution in [2.45, 2.75) is 32.8 Å². The quantitative estimate of drug-likeness (QED) is 0.320. The van der Waals surface area contributed by atoms with Crippen LogP contribution in [0.1, 0.15) is 43.1 Å². The number of methoxy groups -OCH3 is 1. The monoisotopic (exact) mass is 335 g/mol. The van der Waals surface area contributed by atoms with Gasteiger partial charge in [-0.3, -0.25) is 10.2 Å². The van der Waals surface area contributed by atoms with Gasteiger partial charge >= 0.3 is 6.09 Å². The Bertz CT molecular complexity index is 606. The maximum Gasteiger partial charge on any atom is 0.407 e. The van der Waals surface area contributed by atoms with Crippen molar-refractivity contribution < 1.29 is 19.1 Å². The molecule has 0 aliphatic carbocycles. The molecule has 0 radical (unpaired) electrons. The van der Waals surface area contributed by atoms with Gasteiger partial charge in [0.1, 0.15) is 11.4 Å². The average Bonchev–Trinajstić information content (AvgIpc) is 2.52. The largest absolute Gasteiger partial charge is 0.497 e. The van der Waals surface area contributed by atoms with E-state index in [9.17, 15) is 9.59 Å². The first-order chi connectivity index (χ1) is 11.3. The third-order valence-electron chi connectivity index (χ3n) is 2.91. The summed E-state index contributed by atoms with van der Waals surface area (Å²) in [5, 5.41) is 2.66. The highest BCUT2D eigenvalue weighted by Gasteiger charge is 2.15. The van der Waals surface area contributed by atoms with E-state index in [2.05, 4.69) is 10.7 Å². The molecule has 0 aromatic heterocycles. The van der Waals surface area contributed by atoms with Gasteiger partial charge in [0, 0.05) is 6.54 Å². The Balaban J connectivity index is 2.61. The number of benzene rings is 1. The summed E-state index contributed by atoms with van der Waals surface area (Å²) in [7, 11) is 1.53. The van der Waals surface area contributed by atoms with E-state index in [1.807, 2.05) is 6.08 Å². The highest BCUT2D eigenvalue weighted by atomic mass is 16.6. The van der Waals surface area contributed by atoms with Gasteiger partial charge in [0.2, 0.25) is 0 Å². The minimum atomic E-state index is -0.520. The van der Waals surface area contributed by atoms with E-state index in [0.717, 1.165) is 0 Å². The summed E-state index contributed by atoms with van der Waals surface area (Å²) < 4.78 is 10.2. The molecule has 0 aliphatic rings. The highest BCUT2D eigenvalue weighted by Crippen LogP contribution is 2.19. The topological polar surface area (TPSA) is 103 Å². The van der Waals surface area contributed by atoms with Gasteiger partial charge in [0.25, 0.3) is 5.91 Å². The lowest BCUT2D eigenvalue weighted by Crippen LogP contribution is -2.32. The number of nitrogens with two attached hydrogens (primary N) is 1. The first-order valence-electron chi connectivity index (χ1n) is 7.59. The molecule has 1 aromatic carbocycles. The molecule has 7 nitrogen and oxygen atoms in total. The van der Waals surface area contributed by atoms with Gasteiger partial charge in [0.15, 0.2) is 0 Å². The Morgan fingerprint density at radius 3 is 2.58 bits per heavy atom. The van der Waals surface area contributed by atoms with Crippen LogP contribution in [0.25, 0.3) is 6.08 Å². The molecule has 24 heavy (non-hydrogen) atoms. The predicted molar refractivity (Wildman–Crippen MR) is 92.5 cm³/mol. The van der Waals surface area contributed by atoms with Crippen molar-refractivity contribution in [1.29, 1.82) is 0 Å². The van der Waals surface area contributed by atoms with Crippen LogP contribution in [-0.4, -0.2) is 31.3 Å². The molecule has 0 saturated carbocycles. The summed E-state index contributed by atoms with van der Waals surface area (Å²) in [6.45, 7) is 5.85. The Kier molecular flexibility index (Phi) is 7.26. The van der Waals surface area contributed by atoms with Crippen LogP contribution in [0.2, 0.25) is 0 Å². The van der Waals surface area contributed by atoms with Gasteiger partial charge in [-0.1, -0.05) is 18.2 Å². The van der Waals surface area contributed by atoms with Crippen molar-refractivity contribution in [3.8, 4) is 5.75 Å². The number of nitrogen functional groups attached to an aromatic ring is 1. The van der Waals surface area contributed by atoms with E-state index in [4.69, 9.17) is 15.3 Å². The molecule has 0 fully saturated rings. The molecule has 4 N–H and O–H groups in total. The number of rotatable bonds is 6. The molecule has 0 unspecified atom stereocenters. The van der Waals surface area contributed by atoms with Crippen molar-refractivity contribution in [2.24, 2.45) is 5.84 Å². The first kappa shape index (κ1) is 19.5. The Labute approximate surface area is 142 Å². The average molecular weight is 335 g/mol. The fourth-order valence-electron chi connectivity index (χ4n) is 1.86. The zero-order valence-corrected chi connectivity index (χ0v) is 14.5. The molecule has 1 aromatic rings. The Hall–Kier alpha value is -2.54. The summed E-state index contributed by atoms with van der Waals surface area (Å²) in [6.07, 6.45) is 3.78. The zero-order valence-electron chi connectivity index (χ0n) is 14.5. The smallest absolute Gasteiger partial charge is 0.407 e. The maximum absolute atomic E-state index is 11.8. The number of carbonyl (C=O) groups excluding carboxylic acids is 2. The third-order valence-corrected chi connectivity index (χ3v) is 2.91. The fraction of sp³-hybridized carbons (Fsp3) is 0.412. The van der Waals surface area contributed by atoms with Gasteiger partial charge in [-0.05, 0) is 44.9 Å². The number of hydrogen-bond donors (Lipinski definition) is 3. The molecule has 0 heterocycles. The van der Waals surface area contributed by atoms with E-state index in [1.54, 1.807) is 45.0 Å². The van der Waals surface area contributed by atoms with Crippen LogP contribution in [0, 0.1) is 0 Å². The third kappa shape index (κ3) is 6.70. The number of hydrazine groups is 1. The second kappa shape index (κ2) is 8.93. The molecule has 0 bridgehead atoms. The van der Waals surface area contributed by atoms with Gasteiger partial charge in [-0.25, -0.2) is 10.6 Å². The van der Waals surface area contributed by atoms with Crippen LogP contribution in [-0.2, 0) is 4.74 Å². The molecular weight excluding hydrogens is 310 g/mol. The van der Waals surface area contributed by atoms with Crippen molar-refractivity contribution in [3.05, 3.63) is 35.4 Å². The molecule has 2 amide bonds. The van der Waals surface area contributed by atoms with Crippen molar-refractivity contribution in [2.75, 3.05) is 13.7 Å². The van der Waals surface area contributed by atoms with Crippen molar-refractivity contribution in [1.82, 2.24) is 10.7 Å². The van der Waals surface area contributed by atoms with Crippen LogP contribution >= 0.6 is 0 Å². The number of carbonyl (C=O) groups is 2. The number of ether oxygens (including phenoxy) is 2. The molecular formula is C17H25N3O4. The summed E-state index contributed by atoms with van der Waals surface area (Å²) in [6, 6.07) is 5.13. The van der Waals surface area contributed by atoms with Gasteiger partial charge in [-0.15, -0.1) is 0 Å². The Morgan fingerprint density at radius 1 is 1.29 bits per heavy atom. The summed E-state index contributed by atoms with van der Waals surface area (Å²) >= 11 is 0. The van der Waals surface area contributed by atoms with Crippen LogP contribution in [0.4, 0.5) is 4.79 Å². The van der Waals surface area contributed by atoms with Crippen LogP contribution in [0.3, 0.4) is 0 Å². The molecule has 0 aliphatic heterocycles. The fourth-order valence-corrected chi connectivity index (χ4v) is 1.86. The maximum atomic E-state index is 11.8. The molecule has 132 valence electrons. The van der Waals surface area contributed by atoms with Gasteiger partial charge in [-0.2, -0.15) is 0 Å². The number of hydrogen-bond acceptors (Lipinski definition) is 5. The minimum Gasteiger partial charge on any atom is -0.497 e. The van der Waals surface area contributed by atoms with Crippen LogP contribution in [0.5, 0.6) is 5.75 Å². The molecule has 0 saturated heterocycles. The van der Waals surface area contributed by atoms with Crippen molar-refractivity contribution >= 4 is 18.1 Å². The van der Waals surface area contributed by atoms with E-state index in [0.29, 0.717) is 29.8 Å². The lowest BCUT2D eigenvalue weighted by atomic mass is 10.1. The van der Waals surface area contributed by atoms with E-state index < -0.39 is 17.6 Å². The van der Waals surface area contributed by atoms with Crippen molar-refractivity contribution in [3.63, 3.8) is 0 Å². The standard InChI is InChI=1S/C17H25N3O4/c1-17(2,3)24-16(22)19-10-6-5-7-12-8-9-13(23-4)11-14(12)15(21)20-18/h5,7-9,11H,6,10,18H2,1-4H3,(H,19,22)(H,20,21). The summed E-state index contributed by atoms with van der Waals surface area (Å²) in [4.78, 5) is 23.3. The van der Waals surface area contributed by atoms with Crippen LogP contribution in [0.15, 0.2) is 24.3 Å². The van der Waals surface area contributed by atoms with E-state index in [1.165, 1.54) is 7.11 Å². The van der Waals surface area contributed by atoms with E-state index in [-0.39, 0.29) is 0 Å². The lowest BCUT2D eigenvalue weighted by molar-refractivity contribution is 0.0528. The van der Waals surface area contributed by atoms with Gasteiger partial charge in [0.05, 0.1) is 12.7 Å². The predicted octanol–water partition coefficient (Wildman–Crippen LogP) is 2.23. The number of alkyl carbamates (subject to hydrolysis) is 1.